The second kappa shape index (κ2) is 5.51. The minimum absolute atomic E-state index is 0.324. The number of hydrogen-bond acceptors (Lipinski definition) is 3. The Kier molecular flexibility index (Phi) is 4.50. The van der Waals surface area contributed by atoms with Gasteiger partial charge in [0.05, 0.1) is 12.1 Å². The van der Waals surface area contributed by atoms with Gasteiger partial charge in [0.1, 0.15) is 5.69 Å². The number of rotatable bonds is 5. The normalized spacial score (nSPS) is 11.7. The van der Waals surface area contributed by atoms with Crippen molar-refractivity contribution in [1.82, 2.24) is 4.98 Å². The van der Waals surface area contributed by atoms with Crippen molar-refractivity contribution in [2.45, 2.75) is 32.2 Å². The fraction of sp³-hybridized carbons (Fsp3) is 0.545. The zero-order valence-corrected chi connectivity index (χ0v) is 10.0. The summed E-state index contributed by atoms with van der Waals surface area (Å²) in [6.45, 7) is 2.93. The van der Waals surface area contributed by atoms with E-state index in [-0.39, 0.29) is 0 Å². The standard InChI is InChI=1S/C11H14F4N2O/c1-3-11(4-2,5-18)17-8-6(12)9(14)16-10(15)7(8)13/h18H,3-5H2,1-2H3,(H,16,17). The number of aliphatic hydroxyl groups is 1. The summed E-state index contributed by atoms with van der Waals surface area (Å²) in [6.07, 6.45) is 0.648. The van der Waals surface area contributed by atoms with Crippen molar-refractivity contribution in [3.8, 4) is 0 Å². The SMILES string of the molecule is CCC(CC)(CO)Nc1c(F)c(F)nc(F)c1F. The van der Waals surface area contributed by atoms with E-state index in [1.807, 2.05) is 0 Å². The lowest BCUT2D eigenvalue weighted by Gasteiger charge is -2.32. The number of aliphatic hydroxyl groups excluding tert-OH is 1. The van der Waals surface area contributed by atoms with Gasteiger partial charge in [-0.15, -0.1) is 0 Å². The topological polar surface area (TPSA) is 45.1 Å². The molecule has 7 heteroatoms. The van der Waals surface area contributed by atoms with Gasteiger partial charge in [0, 0.05) is 0 Å². The quantitative estimate of drug-likeness (QED) is 0.636. The average Bonchev–Trinajstić information content (AvgIpc) is 2.38. The minimum atomic E-state index is -1.73. The molecule has 1 aromatic heterocycles. The first kappa shape index (κ1) is 14.7. The van der Waals surface area contributed by atoms with Crippen molar-refractivity contribution < 1.29 is 22.7 Å². The molecule has 0 saturated heterocycles. The molecule has 0 unspecified atom stereocenters. The average molecular weight is 266 g/mol. The fourth-order valence-electron chi connectivity index (χ4n) is 1.55. The van der Waals surface area contributed by atoms with Crippen LogP contribution in [-0.4, -0.2) is 22.2 Å². The van der Waals surface area contributed by atoms with Crippen LogP contribution < -0.4 is 5.32 Å². The molecule has 0 fully saturated rings. The van der Waals surface area contributed by atoms with Crippen LogP contribution in [0, 0.1) is 23.5 Å². The lowest BCUT2D eigenvalue weighted by Crippen LogP contribution is -2.41. The molecule has 102 valence electrons. The molecule has 18 heavy (non-hydrogen) atoms. The van der Waals surface area contributed by atoms with Gasteiger partial charge in [0.25, 0.3) is 11.9 Å². The second-order valence-electron chi connectivity index (χ2n) is 3.97. The van der Waals surface area contributed by atoms with Crippen LogP contribution in [0.2, 0.25) is 0 Å². The first-order valence-corrected chi connectivity index (χ1v) is 5.49. The Morgan fingerprint density at radius 3 is 1.83 bits per heavy atom. The highest BCUT2D eigenvalue weighted by molar-refractivity contribution is 5.47. The maximum absolute atomic E-state index is 13.4. The van der Waals surface area contributed by atoms with Crippen LogP contribution in [0.5, 0.6) is 0 Å². The lowest BCUT2D eigenvalue weighted by molar-refractivity contribution is 0.201. The molecule has 0 aromatic carbocycles. The van der Waals surface area contributed by atoms with E-state index >= 15 is 0 Å². The molecule has 1 heterocycles. The van der Waals surface area contributed by atoms with Gasteiger partial charge < -0.3 is 10.4 Å². The van der Waals surface area contributed by atoms with Gasteiger partial charge in [0.15, 0.2) is 0 Å². The van der Waals surface area contributed by atoms with Crippen LogP contribution >= 0.6 is 0 Å². The third-order valence-electron chi connectivity index (χ3n) is 3.04. The highest BCUT2D eigenvalue weighted by atomic mass is 19.2. The van der Waals surface area contributed by atoms with Gasteiger partial charge in [-0.25, -0.2) is 0 Å². The van der Waals surface area contributed by atoms with Crippen molar-refractivity contribution >= 4 is 5.69 Å². The smallest absolute Gasteiger partial charge is 0.253 e. The first-order chi connectivity index (χ1) is 8.40. The summed E-state index contributed by atoms with van der Waals surface area (Å²) in [5.41, 5.74) is -1.99. The summed E-state index contributed by atoms with van der Waals surface area (Å²) < 4.78 is 52.6. The number of hydrogen-bond donors (Lipinski definition) is 2. The summed E-state index contributed by atoms with van der Waals surface area (Å²) in [4.78, 5) is 2.46. The molecule has 0 spiro atoms. The van der Waals surface area contributed by atoms with Crippen LogP contribution in [0.25, 0.3) is 0 Å². The zero-order chi connectivity index (χ0) is 13.9. The molecule has 0 atom stereocenters. The number of pyridine rings is 1. The molecule has 0 aliphatic rings. The Bertz CT molecular complexity index is 401. The van der Waals surface area contributed by atoms with Crippen LogP contribution in [0.4, 0.5) is 23.2 Å². The Labute approximate surface area is 102 Å². The van der Waals surface area contributed by atoms with Gasteiger partial charge in [-0.05, 0) is 12.8 Å². The summed E-state index contributed by atoms with van der Waals surface area (Å²) >= 11 is 0. The monoisotopic (exact) mass is 266 g/mol. The van der Waals surface area contributed by atoms with E-state index in [0.29, 0.717) is 12.8 Å². The third kappa shape index (κ3) is 2.55. The molecule has 3 nitrogen and oxygen atoms in total. The molecule has 0 aliphatic heterocycles. The highest BCUT2D eigenvalue weighted by Gasteiger charge is 2.30. The van der Waals surface area contributed by atoms with E-state index in [1.165, 1.54) is 0 Å². The second-order valence-corrected chi connectivity index (χ2v) is 3.97. The van der Waals surface area contributed by atoms with E-state index in [0.717, 1.165) is 0 Å². The number of aromatic nitrogens is 1. The Morgan fingerprint density at radius 2 is 1.50 bits per heavy atom. The van der Waals surface area contributed by atoms with Crippen molar-refractivity contribution in [2.24, 2.45) is 0 Å². The number of nitrogens with zero attached hydrogens (tertiary/aromatic N) is 1. The van der Waals surface area contributed by atoms with Crippen LogP contribution in [0.3, 0.4) is 0 Å². The van der Waals surface area contributed by atoms with Crippen molar-refractivity contribution in [1.29, 1.82) is 0 Å². The number of nitrogens with one attached hydrogen (secondary N) is 1. The van der Waals surface area contributed by atoms with Crippen molar-refractivity contribution in [3.63, 3.8) is 0 Å². The maximum Gasteiger partial charge on any atom is 0.253 e. The zero-order valence-electron chi connectivity index (χ0n) is 10.0. The summed E-state index contributed by atoms with van der Waals surface area (Å²) in [6, 6.07) is 0. The van der Waals surface area contributed by atoms with Crippen LogP contribution in [-0.2, 0) is 0 Å². The van der Waals surface area contributed by atoms with E-state index in [9.17, 15) is 22.7 Å². The van der Waals surface area contributed by atoms with Gasteiger partial charge in [0.2, 0.25) is 11.6 Å². The Hall–Kier alpha value is -1.37. The molecular formula is C11H14F4N2O. The van der Waals surface area contributed by atoms with Gasteiger partial charge in [-0.3, -0.25) is 0 Å². The molecule has 2 N–H and O–H groups in total. The van der Waals surface area contributed by atoms with Gasteiger partial charge in [-0.2, -0.15) is 22.5 Å². The number of anilines is 1. The number of halogens is 4. The molecule has 0 saturated carbocycles. The first-order valence-electron chi connectivity index (χ1n) is 5.49. The maximum atomic E-state index is 13.4. The van der Waals surface area contributed by atoms with Crippen LogP contribution in [0.1, 0.15) is 26.7 Å². The van der Waals surface area contributed by atoms with Crippen molar-refractivity contribution in [3.05, 3.63) is 23.5 Å². The Morgan fingerprint density at radius 1 is 1.06 bits per heavy atom. The third-order valence-corrected chi connectivity index (χ3v) is 3.04. The molecule has 0 radical (unpaired) electrons. The fourth-order valence-corrected chi connectivity index (χ4v) is 1.55. The van der Waals surface area contributed by atoms with Gasteiger partial charge >= 0.3 is 0 Å². The van der Waals surface area contributed by atoms with E-state index in [1.54, 1.807) is 13.8 Å². The predicted octanol–water partition coefficient (Wildman–Crippen LogP) is 2.60. The van der Waals surface area contributed by atoms with Crippen molar-refractivity contribution in [2.75, 3.05) is 11.9 Å². The van der Waals surface area contributed by atoms with Crippen LogP contribution in [0.15, 0.2) is 0 Å². The van der Waals surface area contributed by atoms with E-state index in [2.05, 4.69) is 10.3 Å². The molecular weight excluding hydrogens is 252 g/mol. The molecule has 0 aliphatic carbocycles. The molecule has 1 aromatic rings. The lowest BCUT2D eigenvalue weighted by atomic mass is 9.93. The summed E-state index contributed by atoms with van der Waals surface area (Å²) in [5, 5.41) is 11.6. The predicted molar refractivity (Wildman–Crippen MR) is 58.1 cm³/mol. The van der Waals surface area contributed by atoms with E-state index < -0.39 is 41.4 Å². The minimum Gasteiger partial charge on any atom is -0.394 e. The highest BCUT2D eigenvalue weighted by Crippen LogP contribution is 2.28. The largest absolute Gasteiger partial charge is 0.394 e. The summed E-state index contributed by atoms with van der Waals surface area (Å²) in [7, 11) is 0. The molecule has 0 bridgehead atoms. The molecule has 1 rings (SSSR count). The summed E-state index contributed by atoms with van der Waals surface area (Å²) in [5.74, 6) is -6.66. The Balaban J connectivity index is 3.25. The van der Waals surface area contributed by atoms with E-state index in [4.69, 9.17) is 0 Å². The van der Waals surface area contributed by atoms with Gasteiger partial charge in [-0.1, -0.05) is 13.8 Å². The molecule has 0 amide bonds.